The van der Waals surface area contributed by atoms with Gasteiger partial charge >= 0.3 is 5.97 Å². The van der Waals surface area contributed by atoms with Crippen molar-refractivity contribution in [3.05, 3.63) is 51.2 Å². The van der Waals surface area contributed by atoms with Crippen molar-refractivity contribution in [3.8, 4) is 5.75 Å². The molecular formula is C14H13NO4S. The van der Waals surface area contributed by atoms with Gasteiger partial charge in [-0.15, -0.1) is 11.3 Å². The largest absolute Gasteiger partial charge is 0.487 e. The third kappa shape index (κ3) is 3.16. The Labute approximate surface area is 119 Å². The molecule has 0 spiro atoms. The number of thiophene rings is 1. The van der Waals surface area contributed by atoms with E-state index < -0.39 is 11.9 Å². The Balaban J connectivity index is 2.15. The van der Waals surface area contributed by atoms with Crippen LogP contribution < -0.4 is 10.5 Å². The molecule has 0 unspecified atom stereocenters. The zero-order valence-electron chi connectivity index (χ0n) is 10.8. The lowest BCUT2D eigenvalue weighted by molar-refractivity contribution is 0.0697. The van der Waals surface area contributed by atoms with Gasteiger partial charge in [0.2, 0.25) is 5.91 Å². The molecule has 0 aliphatic heterocycles. The van der Waals surface area contributed by atoms with Crippen LogP contribution in [0.3, 0.4) is 0 Å². The molecule has 5 nitrogen and oxygen atoms in total. The fourth-order valence-electron chi connectivity index (χ4n) is 1.72. The van der Waals surface area contributed by atoms with E-state index in [9.17, 15) is 9.59 Å². The summed E-state index contributed by atoms with van der Waals surface area (Å²) in [5, 5.41) is 9.06. The van der Waals surface area contributed by atoms with E-state index in [4.69, 9.17) is 15.6 Å². The first kappa shape index (κ1) is 14.1. The molecule has 2 rings (SSSR count). The quantitative estimate of drug-likeness (QED) is 0.885. The maximum absolute atomic E-state index is 11.1. The maximum atomic E-state index is 11.1. The van der Waals surface area contributed by atoms with Gasteiger partial charge in [0, 0.05) is 10.4 Å². The zero-order chi connectivity index (χ0) is 14.7. The number of amides is 1. The van der Waals surface area contributed by atoms with Crippen molar-refractivity contribution in [2.45, 2.75) is 13.5 Å². The van der Waals surface area contributed by atoms with Crippen LogP contribution in [-0.2, 0) is 6.61 Å². The van der Waals surface area contributed by atoms with Crippen LogP contribution in [0.1, 0.15) is 30.5 Å². The Morgan fingerprint density at radius 1 is 1.35 bits per heavy atom. The number of carboxylic acid groups (broad SMARTS) is 1. The summed E-state index contributed by atoms with van der Waals surface area (Å²) >= 11 is 1.17. The van der Waals surface area contributed by atoms with Gasteiger partial charge < -0.3 is 15.6 Å². The van der Waals surface area contributed by atoms with Crippen LogP contribution in [0, 0.1) is 6.92 Å². The van der Waals surface area contributed by atoms with Gasteiger partial charge in [-0.1, -0.05) is 12.1 Å². The topological polar surface area (TPSA) is 89.6 Å². The van der Waals surface area contributed by atoms with E-state index >= 15 is 0 Å². The first-order chi connectivity index (χ1) is 9.47. The monoisotopic (exact) mass is 291 g/mol. The van der Waals surface area contributed by atoms with Gasteiger partial charge in [-0.05, 0) is 30.7 Å². The number of aromatic carboxylic acids is 1. The molecule has 0 bridgehead atoms. The van der Waals surface area contributed by atoms with Crippen LogP contribution >= 0.6 is 11.3 Å². The van der Waals surface area contributed by atoms with Crippen molar-refractivity contribution in [1.82, 2.24) is 0 Å². The molecule has 3 N–H and O–H groups in total. The molecule has 0 radical (unpaired) electrons. The van der Waals surface area contributed by atoms with Gasteiger partial charge in [0.15, 0.2) is 4.88 Å². The van der Waals surface area contributed by atoms with E-state index in [2.05, 4.69) is 0 Å². The standard InChI is InChI=1S/C14H13NO4S/c1-8-5-11(12(20-8)14(17)18)19-7-9-3-2-4-10(6-9)13(15)16/h2-6H,7H2,1H3,(H2,15,16)(H,17,18). The molecule has 1 heterocycles. The molecule has 0 saturated heterocycles. The minimum atomic E-state index is -1.01. The fraction of sp³-hybridized carbons (Fsp3) is 0.143. The number of ether oxygens (including phenoxy) is 1. The van der Waals surface area contributed by atoms with E-state index in [-0.39, 0.29) is 11.5 Å². The molecule has 1 aromatic carbocycles. The number of carbonyl (C=O) groups excluding carboxylic acids is 1. The number of benzene rings is 1. The van der Waals surface area contributed by atoms with Crippen molar-refractivity contribution in [2.24, 2.45) is 5.73 Å². The van der Waals surface area contributed by atoms with Gasteiger partial charge in [-0.3, -0.25) is 4.79 Å². The van der Waals surface area contributed by atoms with Gasteiger partial charge in [0.1, 0.15) is 12.4 Å². The Morgan fingerprint density at radius 2 is 2.10 bits per heavy atom. The number of carbonyl (C=O) groups is 2. The van der Waals surface area contributed by atoms with Crippen LogP contribution in [0.25, 0.3) is 0 Å². The molecule has 1 amide bonds. The summed E-state index contributed by atoms with van der Waals surface area (Å²) in [5.74, 6) is -1.18. The maximum Gasteiger partial charge on any atom is 0.349 e. The molecule has 6 heteroatoms. The second-order valence-corrected chi connectivity index (χ2v) is 5.47. The summed E-state index contributed by atoms with van der Waals surface area (Å²) in [5.41, 5.74) is 6.35. The average Bonchev–Trinajstić information content (AvgIpc) is 2.78. The highest BCUT2D eigenvalue weighted by atomic mass is 32.1. The first-order valence-corrected chi connectivity index (χ1v) is 6.64. The molecule has 0 saturated carbocycles. The molecule has 0 aliphatic rings. The molecule has 104 valence electrons. The van der Waals surface area contributed by atoms with E-state index in [1.165, 1.54) is 11.3 Å². The van der Waals surface area contributed by atoms with Crippen LogP contribution in [0.4, 0.5) is 0 Å². The second-order valence-electron chi connectivity index (χ2n) is 4.21. The predicted octanol–water partition coefficient (Wildman–Crippen LogP) is 2.43. The summed E-state index contributed by atoms with van der Waals surface area (Å²) in [6.45, 7) is 2.00. The molecule has 0 aliphatic carbocycles. The van der Waals surface area contributed by atoms with E-state index in [0.717, 1.165) is 10.4 Å². The average molecular weight is 291 g/mol. The molecule has 1 aromatic heterocycles. The third-order valence-corrected chi connectivity index (χ3v) is 3.64. The summed E-state index contributed by atoms with van der Waals surface area (Å²) in [4.78, 5) is 23.2. The number of carboxylic acids is 1. The van der Waals surface area contributed by atoms with Crippen molar-refractivity contribution in [2.75, 3.05) is 0 Å². The minimum absolute atomic E-state index is 0.175. The van der Waals surface area contributed by atoms with E-state index in [1.54, 1.807) is 30.3 Å². The molecular weight excluding hydrogens is 278 g/mol. The molecule has 2 aromatic rings. The number of rotatable bonds is 5. The number of nitrogens with two attached hydrogens (primary N) is 1. The van der Waals surface area contributed by atoms with Crippen molar-refractivity contribution in [3.63, 3.8) is 0 Å². The van der Waals surface area contributed by atoms with E-state index in [1.807, 2.05) is 6.92 Å². The summed E-state index contributed by atoms with van der Waals surface area (Å²) in [6, 6.07) is 8.42. The van der Waals surface area contributed by atoms with Gasteiger partial charge in [-0.2, -0.15) is 0 Å². The first-order valence-electron chi connectivity index (χ1n) is 5.82. The Hall–Kier alpha value is -2.34. The third-order valence-electron chi connectivity index (χ3n) is 2.62. The highest BCUT2D eigenvalue weighted by molar-refractivity contribution is 7.14. The van der Waals surface area contributed by atoms with Crippen LogP contribution in [0.15, 0.2) is 30.3 Å². The SMILES string of the molecule is Cc1cc(OCc2cccc(C(N)=O)c2)c(C(=O)O)s1. The van der Waals surface area contributed by atoms with Gasteiger partial charge in [0.25, 0.3) is 0 Å². The van der Waals surface area contributed by atoms with E-state index in [0.29, 0.717) is 11.3 Å². The Kier molecular flexibility index (Phi) is 4.05. The van der Waals surface area contributed by atoms with Gasteiger partial charge in [-0.25, -0.2) is 4.79 Å². The molecule has 0 fully saturated rings. The van der Waals surface area contributed by atoms with Crippen LogP contribution in [-0.4, -0.2) is 17.0 Å². The smallest absolute Gasteiger partial charge is 0.349 e. The number of hydrogen-bond acceptors (Lipinski definition) is 4. The zero-order valence-corrected chi connectivity index (χ0v) is 11.6. The Morgan fingerprint density at radius 3 is 2.75 bits per heavy atom. The lowest BCUT2D eigenvalue weighted by Gasteiger charge is -2.06. The molecule has 0 atom stereocenters. The van der Waals surface area contributed by atoms with Crippen LogP contribution in [0.2, 0.25) is 0 Å². The van der Waals surface area contributed by atoms with Crippen molar-refractivity contribution < 1.29 is 19.4 Å². The summed E-state index contributed by atoms with van der Waals surface area (Å²) in [6.07, 6.45) is 0. The number of hydrogen-bond donors (Lipinski definition) is 2. The normalized spacial score (nSPS) is 10.2. The predicted molar refractivity (Wildman–Crippen MR) is 75.3 cm³/mol. The summed E-state index contributed by atoms with van der Waals surface area (Å²) < 4.78 is 5.52. The highest BCUT2D eigenvalue weighted by Gasteiger charge is 2.15. The number of primary amides is 1. The summed E-state index contributed by atoms with van der Waals surface area (Å²) in [7, 11) is 0. The lowest BCUT2D eigenvalue weighted by atomic mass is 10.1. The highest BCUT2D eigenvalue weighted by Crippen LogP contribution is 2.29. The lowest BCUT2D eigenvalue weighted by Crippen LogP contribution is -2.11. The minimum Gasteiger partial charge on any atom is -0.487 e. The second kappa shape index (κ2) is 5.75. The van der Waals surface area contributed by atoms with Crippen molar-refractivity contribution >= 4 is 23.2 Å². The number of aryl methyl sites for hydroxylation is 1. The fourth-order valence-corrected chi connectivity index (χ4v) is 2.52. The van der Waals surface area contributed by atoms with Gasteiger partial charge in [0.05, 0.1) is 0 Å². The van der Waals surface area contributed by atoms with Crippen molar-refractivity contribution in [1.29, 1.82) is 0 Å². The molecule has 20 heavy (non-hydrogen) atoms. The van der Waals surface area contributed by atoms with Crippen LogP contribution in [0.5, 0.6) is 5.75 Å². The Bertz CT molecular complexity index is 663.